The quantitative estimate of drug-likeness (QED) is 0.124. The monoisotopic (exact) mass is 514 g/mol. The second-order valence-electron chi connectivity index (χ2n) is 8.75. The summed E-state index contributed by atoms with van der Waals surface area (Å²) in [5.41, 5.74) is 2.21. The summed E-state index contributed by atoms with van der Waals surface area (Å²) < 4.78 is 17.0. The summed E-state index contributed by atoms with van der Waals surface area (Å²) in [6, 6.07) is 26.9. The number of rotatable bonds is 11. The molecule has 0 radical (unpaired) electrons. The van der Waals surface area contributed by atoms with E-state index in [4.69, 9.17) is 14.2 Å². The minimum Gasteiger partial charge on any atom is -0.493 e. The minimum absolute atomic E-state index is 0.0644. The molecule has 0 amide bonds. The predicted octanol–water partition coefficient (Wildman–Crippen LogP) is 6.88. The average Bonchev–Trinajstić information content (AvgIpc) is 2.92. The molecule has 0 aliphatic rings. The van der Waals surface area contributed by atoms with Crippen LogP contribution in [-0.2, 0) is 9.53 Å². The summed E-state index contributed by atoms with van der Waals surface area (Å²) in [5, 5.41) is 2.01. The fraction of sp³-hybridized carbons (Fsp3) is 0.226. The second-order valence-corrected chi connectivity index (χ2v) is 9.77. The first-order valence-corrected chi connectivity index (χ1v) is 13.2. The van der Waals surface area contributed by atoms with E-state index in [9.17, 15) is 9.59 Å². The van der Waals surface area contributed by atoms with Gasteiger partial charge in [-0.15, -0.1) is 11.8 Å². The normalized spacial score (nSPS) is 11.6. The van der Waals surface area contributed by atoms with Crippen molar-refractivity contribution >= 4 is 34.3 Å². The number of esters is 1. The number of ether oxygens (including phenoxy) is 3. The van der Waals surface area contributed by atoms with Crippen LogP contribution >= 0.6 is 11.8 Å². The lowest BCUT2D eigenvalue weighted by Gasteiger charge is -2.19. The zero-order valence-electron chi connectivity index (χ0n) is 21.2. The van der Waals surface area contributed by atoms with Gasteiger partial charge in [-0.25, -0.2) is 0 Å². The van der Waals surface area contributed by atoms with Crippen LogP contribution in [-0.4, -0.2) is 37.3 Å². The van der Waals surface area contributed by atoms with Crippen LogP contribution in [0.15, 0.2) is 89.8 Å². The first-order chi connectivity index (χ1) is 17.9. The molecule has 0 saturated carbocycles. The van der Waals surface area contributed by atoms with Gasteiger partial charge in [-0.1, -0.05) is 54.6 Å². The van der Waals surface area contributed by atoms with Crippen molar-refractivity contribution in [2.24, 2.45) is 0 Å². The van der Waals surface area contributed by atoms with E-state index >= 15 is 0 Å². The Morgan fingerprint density at radius 1 is 0.892 bits per heavy atom. The smallest absolute Gasteiger partial charge is 0.315 e. The maximum atomic E-state index is 13.3. The third kappa shape index (κ3) is 6.92. The summed E-state index contributed by atoms with van der Waals surface area (Å²) in [6.07, 6.45) is 0.475. The van der Waals surface area contributed by atoms with Crippen molar-refractivity contribution in [2.45, 2.75) is 31.3 Å². The molecule has 0 bridgehead atoms. The number of ketones is 1. The highest BCUT2D eigenvalue weighted by atomic mass is 32.2. The van der Waals surface area contributed by atoms with E-state index in [0.717, 1.165) is 27.0 Å². The molecule has 0 spiro atoms. The number of hydrogen-bond acceptors (Lipinski definition) is 6. The molecule has 1 atom stereocenters. The van der Waals surface area contributed by atoms with Crippen LogP contribution in [0.5, 0.6) is 11.5 Å². The number of aryl methyl sites for hydroxylation is 1. The molecular weight excluding hydrogens is 484 g/mol. The Morgan fingerprint density at radius 3 is 2.30 bits per heavy atom. The van der Waals surface area contributed by atoms with E-state index in [-0.39, 0.29) is 23.6 Å². The minimum atomic E-state index is -0.251. The van der Waals surface area contributed by atoms with E-state index in [1.54, 1.807) is 0 Å². The second kappa shape index (κ2) is 12.5. The molecule has 4 aromatic rings. The van der Waals surface area contributed by atoms with Gasteiger partial charge < -0.3 is 14.2 Å². The Bertz CT molecular complexity index is 1380. The number of carbonyl (C=O) groups is 2. The molecule has 4 aromatic carbocycles. The average molecular weight is 515 g/mol. The zero-order chi connectivity index (χ0) is 26.2. The van der Waals surface area contributed by atoms with Crippen molar-refractivity contribution in [2.75, 3.05) is 19.5 Å². The Labute approximate surface area is 221 Å². The predicted molar refractivity (Wildman–Crippen MR) is 148 cm³/mol. The number of carbonyl (C=O) groups excluding carboxylic acids is 2. The highest BCUT2D eigenvalue weighted by molar-refractivity contribution is 8.00. The molecule has 0 N–H and O–H groups in total. The Kier molecular flexibility index (Phi) is 8.86. The molecule has 0 aliphatic heterocycles. The van der Waals surface area contributed by atoms with Gasteiger partial charge in [0.05, 0.1) is 31.1 Å². The lowest BCUT2D eigenvalue weighted by Crippen LogP contribution is -2.17. The number of thioether (sulfide) groups is 1. The standard InChI is InChI=1S/C31H30O5S/c1-21-17-26(13-14-29(21)37-20-30(32)34-3)35-16-15-22(2)36-28-19-25-12-8-7-11-24(25)18-27(28)31(33)23-9-5-4-6-10-23/h4-14,17-19,22H,15-16,20H2,1-3H3. The highest BCUT2D eigenvalue weighted by Gasteiger charge is 2.18. The molecule has 37 heavy (non-hydrogen) atoms. The van der Waals surface area contributed by atoms with E-state index in [2.05, 4.69) is 0 Å². The van der Waals surface area contributed by atoms with Crippen LogP contribution in [0, 0.1) is 6.92 Å². The van der Waals surface area contributed by atoms with Crippen LogP contribution in [0.4, 0.5) is 0 Å². The van der Waals surface area contributed by atoms with Gasteiger partial charge in [0, 0.05) is 16.9 Å². The van der Waals surface area contributed by atoms with E-state index < -0.39 is 0 Å². The number of hydrogen-bond donors (Lipinski definition) is 0. The van der Waals surface area contributed by atoms with E-state index in [1.165, 1.54) is 18.9 Å². The Hall–Kier alpha value is -3.77. The van der Waals surface area contributed by atoms with Crippen LogP contribution in [0.1, 0.15) is 34.8 Å². The summed E-state index contributed by atoms with van der Waals surface area (Å²) in [6.45, 7) is 4.43. The molecule has 0 aliphatic carbocycles. The fourth-order valence-electron chi connectivity index (χ4n) is 3.93. The third-order valence-electron chi connectivity index (χ3n) is 5.97. The van der Waals surface area contributed by atoms with Crippen molar-refractivity contribution < 1.29 is 23.8 Å². The molecule has 190 valence electrons. The van der Waals surface area contributed by atoms with E-state index in [1.807, 2.05) is 98.8 Å². The first-order valence-electron chi connectivity index (χ1n) is 12.2. The Morgan fingerprint density at radius 2 is 1.59 bits per heavy atom. The summed E-state index contributed by atoms with van der Waals surface area (Å²) in [4.78, 5) is 25.7. The van der Waals surface area contributed by atoms with Crippen molar-refractivity contribution in [3.05, 3.63) is 102 Å². The molecule has 4 rings (SSSR count). The molecule has 1 unspecified atom stereocenters. The fourth-order valence-corrected chi connectivity index (χ4v) is 4.77. The lowest BCUT2D eigenvalue weighted by atomic mass is 9.98. The van der Waals surface area contributed by atoms with Crippen molar-refractivity contribution in [3.8, 4) is 11.5 Å². The summed E-state index contributed by atoms with van der Waals surface area (Å²) in [7, 11) is 1.39. The van der Waals surface area contributed by atoms with Gasteiger partial charge in [-0.3, -0.25) is 9.59 Å². The lowest BCUT2D eigenvalue weighted by molar-refractivity contribution is -0.137. The first kappa shape index (κ1) is 26.3. The molecule has 0 saturated heterocycles. The molecule has 0 fully saturated rings. The van der Waals surface area contributed by atoms with Gasteiger partial charge in [0.15, 0.2) is 5.78 Å². The largest absolute Gasteiger partial charge is 0.493 e. The van der Waals surface area contributed by atoms with Crippen LogP contribution in [0.25, 0.3) is 10.8 Å². The van der Waals surface area contributed by atoms with Crippen molar-refractivity contribution in [1.82, 2.24) is 0 Å². The SMILES string of the molecule is COC(=O)CSc1ccc(OCCC(C)Oc2cc3ccccc3cc2C(=O)c2ccccc2)cc1C. The maximum Gasteiger partial charge on any atom is 0.315 e. The molecule has 0 heterocycles. The van der Waals surface area contributed by atoms with Crippen LogP contribution in [0.3, 0.4) is 0 Å². The highest BCUT2D eigenvalue weighted by Crippen LogP contribution is 2.30. The van der Waals surface area contributed by atoms with Gasteiger partial charge in [-0.05, 0) is 60.5 Å². The van der Waals surface area contributed by atoms with Gasteiger partial charge in [-0.2, -0.15) is 0 Å². The molecule has 5 nitrogen and oxygen atoms in total. The van der Waals surface area contributed by atoms with Gasteiger partial charge in [0.2, 0.25) is 0 Å². The number of methoxy groups -OCH3 is 1. The summed E-state index contributed by atoms with van der Waals surface area (Å²) in [5.74, 6) is 1.29. The van der Waals surface area contributed by atoms with Crippen molar-refractivity contribution in [3.63, 3.8) is 0 Å². The van der Waals surface area contributed by atoms with E-state index in [0.29, 0.717) is 29.9 Å². The zero-order valence-corrected chi connectivity index (χ0v) is 22.0. The number of fused-ring (bicyclic) bond motifs is 1. The molecule has 6 heteroatoms. The van der Waals surface area contributed by atoms with Gasteiger partial charge in [0.1, 0.15) is 11.5 Å². The third-order valence-corrected chi connectivity index (χ3v) is 7.12. The number of benzene rings is 4. The topological polar surface area (TPSA) is 61.8 Å². The van der Waals surface area contributed by atoms with Crippen molar-refractivity contribution in [1.29, 1.82) is 0 Å². The van der Waals surface area contributed by atoms with Crippen LogP contribution < -0.4 is 9.47 Å². The summed E-state index contributed by atoms with van der Waals surface area (Å²) >= 11 is 1.44. The molecular formula is C31H30O5S. The maximum absolute atomic E-state index is 13.3. The van der Waals surface area contributed by atoms with Gasteiger partial charge in [0.25, 0.3) is 0 Å². The van der Waals surface area contributed by atoms with Gasteiger partial charge >= 0.3 is 5.97 Å². The molecule has 0 aromatic heterocycles. The van der Waals surface area contributed by atoms with Crippen LogP contribution in [0.2, 0.25) is 0 Å². The Balaban J connectivity index is 1.41.